The van der Waals surface area contributed by atoms with Gasteiger partial charge in [0.15, 0.2) is 0 Å². The summed E-state index contributed by atoms with van der Waals surface area (Å²) in [6.45, 7) is 2.45. The predicted octanol–water partition coefficient (Wildman–Crippen LogP) is 3.40. The van der Waals surface area contributed by atoms with Crippen LogP contribution in [-0.4, -0.2) is 11.7 Å². The second-order valence-electron chi connectivity index (χ2n) is 3.67. The van der Waals surface area contributed by atoms with Crippen LogP contribution in [0.25, 0.3) is 0 Å². The van der Waals surface area contributed by atoms with E-state index in [2.05, 4.69) is 35.0 Å². The van der Waals surface area contributed by atoms with Crippen molar-refractivity contribution in [3.8, 4) is 0 Å². The quantitative estimate of drug-likeness (QED) is 0.857. The molecule has 2 heteroatoms. The molecule has 1 rings (SSSR count). The summed E-state index contributed by atoms with van der Waals surface area (Å²) in [4.78, 5) is 0. The first-order valence-electron chi connectivity index (χ1n) is 5.11. The molecule has 0 aliphatic carbocycles. The summed E-state index contributed by atoms with van der Waals surface area (Å²) in [5.74, 6) is 0.411. The molecular formula is C12H17BrO. The van der Waals surface area contributed by atoms with Crippen LogP contribution in [0.2, 0.25) is 0 Å². The average Bonchev–Trinajstić information content (AvgIpc) is 2.17. The Balaban J connectivity index is 2.57. The van der Waals surface area contributed by atoms with Gasteiger partial charge in [0.05, 0.1) is 0 Å². The molecule has 0 radical (unpaired) electrons. The zero-order valence-electron chi connectivity index (χ0n) is 8.54. The fourth-order valence-corrected chi connectivity index (χ4v) is 2.11. The van der Waals surface area contributed by atoms with E-state index >= 15 is 0 Å². The molecule has 0 heterocycles. The molecule has 1 nitrogen and oxygen atoms in total. The summed E-state index contributed by atoms with van der Waals surface area (Å²) < 4.78 is 1.11. The molecule has 0 unspecified atom stereocenters. The van der Waals surface area contributed by atoms with E-state index in [0.29, 0.717) is 12.5 Å². The number of halogens is 1. The number of hydrogen-bond acceptors (Lipinski definition) is 1. The lowest BCUT2D eigenvalue weighted by Gasteiger charge is -2.12. The maximum atomic E-state index is 9.18. The minimum absolute atomic E-state index is 0.292. The number of benzene rings is 1. The maximum Gasteiger partial charge on any atom is 0.0462 e. The first kappa shape index (κ1) is 11.7. The Hall–Kier alpha value is -0.340. The fraction of sp³-hybridized carbons (Fsp3) is 0.500. The van der Waals surface area contributed by atoms with Gasteiger partial charge in [0.2, 0.25) is 0 Å². The third kappa shape index (κ3) is 3.81. The lowest BCUT2D eigenvalue weighted by atomic mass is 9.96. The van der Waals surface area contributed by atoms with Crippen molar-refractivity contribution in [1.29, 1.82) is 0 Å². The molecule has 0 bridgehead atoms. The predicted molar refractivity (Wildman–Crippen MR) is 63.3 cm³/mol. The zero-order valence-corrected chi connectivity index (χ0v) is 10.1. The third-order valence-electron chi connectivity index (χ3n) is 2.37. The summed E-state index contributed by atoms with van der Waals surface area (Å²) in [7, 11) is 0. The van der Waals surface area contributed by atoms with Gasteiger partial charge in [-0.2, -0.15) is 0 Å². The summed E-state index contributed by atoms with van der Waals surface area (Å²) >= 11 is 3.45. The van der Waals surface area contributed by atoms with E-state index in [1.54, 1.807) is 0 Å². The van der Waals surface area contributed by atoms with Crippen LogP contribution < -0.4 is 0 Å². The van der Waals surface area contributed by atoms with E-state index < -0.39 is 0 Å². The molecule has 0 amide bonds. The summed E-state index contributed by atoms with van der Waals surface area (Å²) in [5.41, 5.74) is 1.30. The first-order chi connectivity index (χ1) is 6.76. The normalized spacial score (nSPS) is 12.8. The Morgan fingerprint density at radius 1 is 1.43 bits per heavy atom. The van der Waals surface area contributed by atoms with Crippen LogP contribution in [0.3, 0.4) is 0 Å². The minimum atomic E-state index is 0.292. The number of rotatable bonds is 5. The SMILES string of the molecule is CCC[C@H](CO)Cc1cccc(Br)c1. The van der Waals surface area contributed by atoms with Crippen molar-refractivity contribution in [3.63, 3.8) is 0 Å². The monoisotopic (exact) mass is 256 g/mol. The van der Waals surface area contributed by atoms with Gasteiger partial charge in [-0.1, -0.05) is 41.4 Å². The van der Waals surface area contributed by atoms with Gasteiger partial charge >= 0.3 is 0 Å². The molecule has 0 fully saturated rings. The Bertz CT molecular complexity index is 273. The molecule has 0 aromatic heterocycles. The molecule has 0 aliphatic rings. The van der Waals surface area contributed by atoms with Crippen LogP contribution in [-0.2, 0) is 6.42 Å². The summed E-state index contributed by atoms with van der Waals surface area (Å²) in [5, 5.41) is 9.18. The number of aliphatic hydroxyl groups excluding tert-OH is 1. The van der Waals surface area contributed by atoms with Crippen LogP contribution >= 0.6 is 15.9 Å². The lowest BCUT2D eigenvalue weighted by Crippen LogP contribution is -2.09. The molecule has 14 heavy (non-hydrogen) atoms. The highest BCUT2D eigenvalue weighted by Crippen LogP contribution is 2.17. The van der Waals surface area contributed by atoms with E-state index in [4.69, 9.17) is 0 Å². The van der Waals surface area contributed by atoms with Crippen LogP contribution in [0, 0.1) is 5.92 Å². The third-order valence-corrected chi connectivity index (χ3v) is 2.86. The Morgan fingerprint density at radius 2 is 2.21 bits per heavy atom. The first-order valence-corrected chi connectivity index (χ1v) is 5.90. The van der Waals surface area contributed by atoms with Gasteiger partial charge in [0, 0.05) is 11.1 Å². The standard InChI is InChI=1S/C12H17BrO/c1-2-4-11(9-14)7-10-5-3-6-12(13)8-10/h3,5-6,8,11,14H,2,4,7,9H2,1H3/t11-/m0/s1. The highest BCUT2D eigenvalue weighted by molar-refractivity contribution is 9.10. The Morgan fingerprint density at radius 3 is 2.79 bits per heavy atom. The van der Waals surface area contributed by atoms with Crippen LogP contribution in [0.1, 0.15) is 25.3 Å². The van der Waals surface area contributed by atoms with Crippen molar-refractivity contribution in [2.24, 2.45) is 5.92 Å². The Kier molecular flexibility index (Phi) is 5.20. The second-order valence-corrected chi connectivity index (χ2v) is 4.59. The molecule has 1 aromatic carbocycles. The molecule has 0 aliphatic heterocycles. The van der Waals surface area contributed by atoms with Crippen molar-refractivity contribution in [1.82, 2.24) is 0 Å². The van der Waals surface area contributed by atoms with Gasteiger partial charge in [-0.3, -0.25) is 0 Å². The van der Waals surface area contributed by atoms with Gasteiger partial charge in [-0.15, -0.1) is 0 Å². The number of hydrogen-bond donors (Lipinski definition) is 1. The van der Waals surface area contributed by atoms with Crippen molar-refractivity contribution < 1.29 is 5.11 Å². The molecule has 0 saturated carbocycles. The topological polar surface area (TPSA) is 20.2 Å². The van der Waals surface area contributed by atoms with Crippen LogP contribution in [0.15, 0.2) is 28.7 Å². The molecule has 1 N–H and O–H groups in total. The molecule has 78 valence electrons. The highest BCUT2D eigenvalue weighted by atomic mass is 79.9. The average molecular weight is 257 g/mol. The molecule has 1 atom stereocenters. The minimum Gasteiger partial charge on any atom is -0.396 e. The van der Waals surface area contributed by atoms with Crippen LogP contribution in [0.5, 0.6) is 0 Å². The van der Waals surface area contributed by atoms with Crippen molar-refractivity contribution in [3.05, 3.63) is 34.3 Å². The van der Waals surface area contributed by atoms with Gasteiger partial charge in [0.25, 0.3) is 0 Å². The molecule has 0 spiro atoms. The summed E-state index contributed by atoms with van der Waals surface area (Å²) in [6.07, 6.45) is 3.21. The second kappa shape index (κ2) is 6.20. The molecule has 0 saturated heterocycles. The van der Waals surface area contributed by atoms with Gasteiger partial charge < -0.3 is 5.11 Å². The van der Waals surface area contributed by atoms with Gasteiger partial charge in [0.1, 0.15) is 0 Å². The Labute approximate surface area is 94.3 Å². The van der Waals surface area contributed by atoms with Crippen molar-refractivity contribution in [2.45, 2.75) is 26.2 Å². The number of aliphatic hydroxyl groups is 1. The van der Waals surface area contributed by atoms with E-state index in [1.165, 1.54) is 5.56 Å². The zero-order chi connectivity index (χ0) is 10.4. The van der Waals surface area contributed by atoms with Crippen molar-refractivity contribution in [2.75, 3.05) is 6.61 Å². The van der Waals surface area contributed by atoms with Crippen LogP contribution in [0.4, 0.5) is 0 Å². The highest BCUT2D eigenvalue weighted by Gasteiger charge is 2.07. The van der Waals surface area contributed by atoms with E-state index in [-0.39, 0.29) is 0 Å². The smallest absolute Gasteiger partial charge is 0.0462 e. The van der Waals surface area contributed by atoms with Gasteiger partial charge in [-0.25, -0.2) is 0 Å². The molecular weight excluding hydrogens is 240 g/mol. The van der Waals surface area contributed by atoms with E-state index in [0.717, 1.165) is 23.7 Å². The summed E-state index contributed by atoms with van der Waals surface area (Å²) in [6, 6.07) is 8.30. The fourth-order valence-electron chi connectivity index (χ4n) is 1.66. The van der Waals surface area contributed by atoms with Crippen molar-refractivity contribution >= 4 is 15.9 Å². The molecule has 1 aromatic rings. The van der Waals surface area contributed by atoms with Gasteiger partial charge in [-0.05, 0) is 36.5 Å². The lowest BCUT2D eigenvalue weighted by molar-refractivity contribution is 0.217. The largest absolute Gasteiger partial charge is 0.396 e. The van der Waals surface area contributed by atoms with E-state index in [9.17, 15) is 5.11 Å². The maximum absolute atomic E-state index is 9.18. The van der Waals surface area contributed by atoms with E-state index in [1.807, 2.05) is 12.1 Å².